The van der Waals surface area contributed by atoms with Crippen LogP contribution in [0.1, 0.15) is 163 Å². The van der Waals surface area contributed by atoms with E-state index in [2.05, 4.69) is 13.8 Å². The average Bonchev–Trinajstić information content (AvgIpc) is 3.60. The SMILES string of the molecule is Cc1c(CC(=O)OC(C)(C)C)c(C2CCCCC2)nn1Cc1ccc(N)cc1.Cc1c(CC(=O)OC(C)(C)C)c(C2CCCCC2)nn1Cc1ccc(N)cc1. The molecule has 4 N–H and O–H groups in total. The molecule has 304 valence electrons. The number of hydrogen-bond acceptors (Lipinski definition) is 8. The van der Waals surface area contributed by atoms with Crippen molar-refractivity contribution < 1.29 is 19.1 Å². The Kier molecular flexibility index (Phi) is 14.1. The molecule has 0 aliphatic heterocycles. The molecule has 0 radical (unpaired) electrons. The molecule has 2 aromatic carbocycles. The number of carbonyl (C=O) groups excluding carboxylic acids is 2. The molecular formula is C46H66N6O4. The maximum atomic E-state index is 12.5. The van der Waals surface area contributed by atoms with Gasteiger partial charge in [0.1, 0.15) is 11.2 Å². The number of anilines is 2. The van der Waals surface area contributed by atoms with E-state index < -0.39 is 11.2 Å². The summed E-state index contributed by atoms with van der Waals surface area (Å²) < 4.78 is 15.3. The molecule has 10 nitrogen and oxygen atoms in total. The molecule has 0 spiro atoms. The van der Waals surface area contributed by atoms with Crippen LogP contribution in [0.3, 0.4) is 0 Å². The first-order valence-corrected chi connectivity index (χ1v) is 20.7. The van der Waals surface area contributed by atoms with Gasteiger partial charge in [-0.2, -0.15) is 10.2 Å². The van der Waals surface area contributed by atoms with Crippen molar-refractivity contribution in [3.8, 4) is 0 Å². The third-order valence-corrected chi connectivity index (χ3v) is 10.8. The number of nitrogens with zero attached hydrogens (tertiary/aromatic N) is 4. The summed E-state index contributed by atoms with van der Waals surface area (Å²) in [5.74, 6) is 0.523. The van der Waals surface area contributed by atoms with Crippen molar-refractivity contribution in [1.29, 1.82) is 0 Å². The van der Waals surface area contributed by atoms with E-state index in [1.807, 2.05) is 99.4 Å². The van der Waals surface area contributed by atoms with Crippen LogP contribution in [0.25, 0.3) is 0 Å². The molecule has 2 saturated carbocycles. The number of nitrogen functional groups attached to an aromatic ring is 2. The summed E-state index contributed by atoms with van der Waals surface area (Å²) in [6.45, 7) is 16.9. The van der Waals surface area contributed by atoms with Gasteiger partial charge in [0.25, 0.3) is 0 Å². The summed E-state index contributed by atoms with van der Waals surface area (Å²) in [6, 6.07) is 15.8. The summed E-state index contributed by atoms with van der Waals surface area (Å²) in [5.41, 5.74) is 20.9. The lowest BCUT2D eigenvalue weighted by Crippen LogP contribution is -2.25. The van der Waals surface area contributed by atoms with Crippen LogP contribution < -0.4 is 11.5 Å². The van der Waals surface area contributed by atoms with Crippen molar-refractivity contribution in [2.45, 2.75) is 169 Å². The van der Waals surface area contributed by atoms with Gasteiger partial charge in [-0.15, -0.1) is 0 Å². The highest BCUT2D eigenvalue weighted by Crippen LogP contribution is 2.37. The Morgan fingerprint density at radius 2 is 0.911 bits per heavy atom. The van der Waals surface area contributed by atoms with Crippen molar-refractivity contribution in [1.82, 2.24) is 19.6 Å². The summed E-state index contributed by atoms with van der Waals surface area (Å²) in [7, 11) is 0. The molecule has 2 aromatic heterocycles. The molecule has 0 bridgehead atoms. The van der Waals surface area contributed by atoms with Crippen LogP contribution in [-0.2, 0) is 45.0 Å². The zero-order valence-electron chi connectivity index (χ0n) is 35.2. The van der Waals surface area contributed by atoms with E-state index in [0.717, 1.165) is 82.1 Å². The Labute approximate surface area is 334 Å². The van der Waals surface area contributed by atoms with E-state index in [9.17, 15) is 9.59 Å². The molecule has 2 aliphatic rings. The Hall–Kier alpha value is -4.60. The Balaban J connectivity index is 0.000000214. The molecule has 6 rings (SSSR count). The van der Waals surface area contributed by atoms with E-state index in [1.54, 1.807) is 0 Å². The Morgan fingerprint density at radius 3 is 1.21 bits per heavy atom. The van der Waals surface area contributed by atoms with Gasteiger partial charge in [-0.05, 0) is 116 Å². The van der Waals surface area contributed by atoms with Crippen molar-refractivity contribution in [2.24, 2.45) is 0 Å². The van der Waals surface area contributed by atoms with Gasteiger partial charge in [-0.1, -0.05) is 62.8 Å². The van der Waals surface area contributed by atoms with Crippen molar-refractivity contribution in [2.75, 3.05) is 11.5 Å². The second-order valence-corrected chi connectivity index (χ2v) is 17.9. The zero-order chi connectivity index (χ0) is 40.6. The van der Waals surface area contributed by atoms with Crippen LogP contribution >= 0.6 is 0 Å². The molecule has 2 fully saturated rings. The summed E-state index contributed by atoms with van der Waals surface area (Å²) in [6.07, 6.45) is 12.7. The number of ether oxygens (including phenoxy) is 2. The summed E-state index contributed by atoms with van der Waals surface area (Å²) in [5, 5.41) is 9.96. The highest BCUT2D eigenvalue weighted by Gasteiger charge is 2.29. The van der Waals surface area contributed by atoms with E-state index >= 15 is 0 Å². The monoisotopic (exact) mass is 767 g/mol. The molecule has 56 heavy (non-hydrogen) atoms. The fourth-order valence-corrected chi connectivity index (χ4v) is 8.00. The topological polar surface area (TPSA) is 140 Å². The maximum Gasteiger partial charge on any atom is 0.310 e. The van der Waals surface area contributed by atoms with E-state index in [-0.39, 0.29) is 24.8 Å². The number of nitrogens with two attached hydrogens (primary N) is 2. The number of rotatable bonds is 10. The van der Waals surface area contributed by atoms with Gasteiger partial charge in [-0.25, -0.2) is 0 Å². The predicted octanol–water partition coefficient (Wildman–Crippen LogP) is 9.51. The average molecular weight is 767 g/mol. The van der Waals surface area contributed by atoms with Gasteiger partial charge in [0.05, 0.1) is 37.3 Å². The number of carbonyl (C=O) groups is 2. The van der Waals surface area contributed by atoms with Gasteiger partial charge in [0.15, 0.2) is 0 Å². The van der Waals surface area contributed by atoms with Crippen LogP contribution in [0.15, 0.2) is 48.5 Å². The normalized spacial score (nSPS) is 15.6. The van der Waals surface area contributed by atoms with Gasteiger partial charge in [0, 0.05) is 45.7 Å². The van der Waals surface area contributed by atoms with Gasteiger partial charge < -0.3 is 20.9 Å². The van der Waals surface area contributed by atoms with E-state index in [0.29, 0.717) is 24.9 Å². The fourth-order valence-electron chi connectivity index (χ4n) is 8.00. The number of aromatic nitrogens is 4. The lowest BCUT2D eigenvalue weighted by molar-refractivity contribution is -0.155. The molecule has 4 aromatic rings. The lowest BCUT2D eigenvalue weighted by atomic mass is 9.85. The minimum atomic E-state index is -0.476. The maximum absolute atomic E-state index is 12.5. The Bertz CT molecular complexity index is 1760. The number of esters is 2. The molecule has 0 atom stereocenters. The summed E-state index contributed by atoms with van der Waals surface area (Å²) in [4.78, 5) is 25.1. The Morgan fingerprint density at radius 1 is 0.589 bits per heavy atom. The zero-order valence-corrected chi connectivity index (χ0v) is 35.2. The van der Waals surface area contributed by atoms with E-state index in [4.69, 9.17) is 31.1 Å². The molecule has 2 heterocycles. The minimum Gasteiger partial charge on any atom is -0.460 e. The quantitative estimate of drug-likeness (QED) is 0.120. The number of hydrogen-bond donors (Lipinski definition) is 2. The highest BCUT2D eigenvalue weighted by atomic mass is 16.6. The fraction of sp³-hybridized carbons (Fsp3) is 0.565. The van der Waals surface area contributed by atoms with Gasteiger partial charge in [-0.3, -0.25) is 19.0 Å². The highest BCUT2D eigenvalue weighted by molar-refractivity contribution is 5.74. The van der Waals surface area contributed by atoms with Crippen molar-refractivity contribution in [3.05, 3.63) is 93.6 Å². The first-order valence-electron chi connectivity index (χ1n) is 20.7. The van der Waals surface area contributed by atoms with Gasteiger partial charge >= 0.3 is 11.9 Å². The first-order chi connectivity index (χ1) is 26.5. The first kappa shape index (κ1) is 42.5. The lowest BCUT2D eigenvalue weighted by Gasteiger charge is -2.22. The molecule has 0 saturated heterocycles. The van der Waals surface area contributed by atoms with Crippen LogP contribution in [0.2, 0.25) is 0 Å². The smallest absolute Gasteiger partial charge is 0.310 e. The molecule has 2 aliphatic carbocycles. The number of benzene rings is 2. The van der Waals surface area contributed by atoms with Crippen LogP contribution in [0.4, 0.5) is 11.4 Å². The molecule has 0 amide bonds. The second-order valence-electron chi connectivity index (χ2n) is 17.9. The molecular weight excluding hydrogens is 701 g/mol. The third-order valence-electron chi connectivity index (χ3n) is 10.8. The van der Waals surface area contributed by atoms with Crippen LogP contribution in [0.5, 0.6) is 0 Å². The minimum absolute atomic E-state index is 0.181. The van der Waals surface area contributed by atoms with Gasteiger partial charge in [0.2, 0.25) is 0 Å². The summed E-state index contributed by atoms with van der Waals surface area (Å²) >= 11 is 0. The standard InChI is InChI=1S/2C23H33N3O2/c2*1-16-20(14-21(27)28-23(2,3)4)22(18-8-6-5-7-9-18)25-26(16)15-17-10-12-19(24)13-11-17/h2*10-13,18H,5-9,14-15,24H2,1-4H3. The third kappa shape index (κ3) is 12.2. The predicted molar refractivity (Wildman–Crippen MR) is 225 cm³/mol. The van der Waals surface area contributed by atoms with Crippen molar-refractivity contribution >= 4 is 23.3 Å². The van der Waals surface area contributed by atoms with Crippen molar-refractivity contribution in [3.63, 3.8) is 0 Å². The second kappa shape index (κ2) is 18.6. The largest absolute Gasteiger partial charge is 0.460 e. The molecule has 0 unspecified atom stereocenters. The molecule has 10 heteroatoms. The van der Waals surface area contributed by atoms with Crippen LogP contribution in [0, 0.1) is 13.8 Å². The van der Waals surface area contributed by atoms with E-state index in [1.165, 1.54) is 38.5 Å². The van der Waals surface area contributed by atoms with Crippen LogP contribution in [-0.4, -0.2) is 42.7 Å².